The minimum absolute atomic E-state index is 0.0250. The zero-order valence-electron chi connectivity index (χ0n) is 11.8. The standard InChI is InChI=1S/C15H22N2O2/c1-4-19-14-7-10(2)5-6-13(14)17-15(18)11(3)12-8-16-9-12/h5-7,11-12,16H,4,8-9H2,1-3H3,(H,17,18). The lowest BCUT2D eigenvalue weighted by Gasteiger charge is -2.31. The van der Waals surface area contributed by atoms with Crippen molar-refractivity contribution in [2.75, 3.05) is 25.0 Å². The third-order valence-corrected chi connectivity index (χ3v) is 3.63. The molecule has 0 aromatic heterocycles. The quantitative estimate of drug-likeness (QED) is 0.855. The smallest absolute Gasteiger partial charge is 0.227 e. The lowest BCUT2D eigenvalue weighted by Crippen LogP contribution is -2.48. The van der Waals surface area contributed by atoms with Crippen molar-refractivity contribution in [1.29, 1.82) is 0 Å². The molecule has 4 heteroatoms. The fourth-order valence-corrected chi connectivity index (χ4v) is 2.13. The van der Waals surface area contributed by atoms with Crippen LogP contribution in [0.5, 0.6) is 5.75 Å². The van der Waals surface area contributed by atoms with Gasteiger partial charge in [-0.1, -0.05) is 13.0 Å². The summed E-state index contributed by atoms with van der Waals surface area (Å²) in [4.78, 5) is 12.2. The molecule has 2 rings (SSSR count). The first kappa shape index (κ1) is 13.9. The molecule has 0 aliphatic carbocycles. The van der Waals surface area contributed by atoms with Gasteiger partial charge in [0, 0.05) is 5.92 Å². The highest BCUT2D eigenvalue weighted by atomic mass is 16.5. The highest BCUT2D eigenvalue weighted by molar-refractivity contribution is 5.94. The van der Waals surface area contributed by atoms with Crippen LogP contribution < -0.4 is 15.4 Å². The van der Waals surface area contributed by atoms with Gasteiger partial charge in [0.1, 0.15) is 5.75 Å². The van der Waals surface area contributed by atoms with E-state index in [-0.39, 0.29) is 11.8 Å². The molecule has 0 spiro atoms. The molecule has 0 saturated carbocycles. The van der Waals surface area contributed by atoms with E-state index >= 15 is 0 Å². The van der Waals surface area contributed by atoms with E-state index in [1.165, 1.54) is 0 Å². The van der Waals surface area contributed by atoms with Gasteiger partial charge in [-0.3, -0.25) is 4.79 Å². The van der Waals surface area contributed by atoms with Gasteiger partial charge in [0.2, 0.25) is 5.91 Å². The molecule has 1 heterocycles. The average Bonchev–Trinajstić information content (AvgIpc) is 2.30. The Morgan fingerprint density at radius 3 is 2.84 bits per heavy atom. The van der Waals surface area contributed by atoms with Gasteiger partial charge in [-0.25, -0.2) is 0 Å². The minimum atomic E-state index is 0.0250. The SMILES string of the molecule is CCOc1cc(C)ccc1NC(=O)C(C)C1CNC1. The molecular formula is C15H22N2O2. The van der Waals surface area contributed by atoms with E-state index in [1.54, 1.807) is 0 Å². The maximum Gasteiger partial charge on any atom is 0.227 e. The predicted octanol–water partition coefficient (Wildman–Crippen LogP) is 2.19. The Kier molecular flexibility index (Phi) is 4.43. The van der Waals surface area contributed by atoms with Gasteiger partial charge in [0.25, 0.3) is 0 Å². The monoisotopic (exact) mass is 262 g/mol. The second kappa shape index (κ2) is 6.06. The Bertz CT molecular complexity index is 455. The second-order valence-corrected chi connectivity index (χ2v) is 5.13. The number of nitrogens with one attached hydrogen (secondary N) is 2. The van der Waals surface area contributed by atoms with E-state index in [4.69, 9.17) is 4.74 Å². The molecule has 4 nitrogen and oxygen atoms in total. The number of ether oxygens (including phenoxy) is 1. The van der Waals surface area contributed by atoms with Gasteiger partial charge in [-0.05, 0) is 50.6 Å². The van der Waals surface area contributed by atoms with Crippen LogP contribution in [0.3, 0.4) is 0 Å². The number of carbonyl (C=O) groups excluding carboxylic acids is 1. The van der Waals surface area contributed by atoms with Crippen molar-refractivity contribution in [3.8, 4) is 5.75 Å². The number of aryl methyl sites for hydroxylation is 1. The minimum Gasteiger partial charge on any atom is -0.492 e. The Morgan fingerprint density at radius 2 is 2.26 bits per heavy atom. The topological polar surface area (TPSA) is 50.4 Å². The van der Waals surface area contributed by atoms with Crippen molar-refractivity contribution in [1.82, 2.24) is 5.32 Å². The Morgan fingerprint density at radius 1 is 1.53 bits per heavy atom. The number of rotatable bonds is 5. The maximum absolute atomic E-state index is 12.2. The van der Waals surface area contributed by atoms with Crippen molar-refractivity contribution < 1.29 is 9.53 Å². The number of hydrogen-bond donors (Lipinski definition) is 2. The molecule has 2 N–H and O–H groups in total. The van der Waals surface area contributed by atoms with Gasteiger partial charge in [-0.15, -0.1) is 0 Å². The van der Waals surface area contributed by atoms with Crippen LogP contribution in [0.15, 0.2) is 18.2 Å². The molecule has 1 saturated heterocycles. The molecule has 1 fully saturated rings. The molecule has 19 heavy (non-hydrogen) atoms. The highest BCUT2D eigenvalue weighted by Gasteiger charge is 2.29. The predicted molar refractivity (Wildman–Crippen MR) is 76.5 cm³/mol. The number of hydrogen-bond acceptors (Lipinski definition) is 3. The largest absolute Gasteiger partial charge is 0.492 e. The van der Waals surface area contributed by atoms with Crippen LogP contribution in [0.2, 0.25) is 0 Å². The van der Waals surface area contributed by atoms with E-state index < -0.39 is 0 Å². The molecule has 1 amide bonds. The van der Waals surface area contributed by atoms with Crippen molar-refractivity contribution in [2.45, 2.75) is 20.8 Å². The number of carbonyl (C=O) groups is 1. The van der Waals surface area contributed by atoms with Crippen LogP contribution in [0.25, 0.3) is 0 Å². The van der Waals surface area contributed by atoms with Gasteiger partial charge in [0.05, 0.1) is 12.3 Å². The lowest BCUT2D eigenvalue weighted by molar-refractivity contribution is -0.121. The summed E-state index contributed by atoms with van der Waals surface area (Å²) in [5, 5.41) is 6.18. The molecule has 0 bridgehead atoms. The molecule has 0 radical (unpaired) electrons. The first-order chi connectivity index (χ1) is 9.11. The lowest BCUT2D eigenvalue weighted by atomic mass is 9.88. The molecular weight excluding hydrogens is 240 g/mol. The van der Waals surface area contributed by atoms with Crippen molar-refractivity contribution in [3.63, 3.8) is 0 Å². The van der Waals surface area contributed by atoms with Gasteiger partial charge in [-0.2, -0.15) is 0 Å². The number of benzene rings is 1. The van der Waals surface area contributed by atoms with Gasteiger partial charge in [0.15, 0.2) is 0 Å². The molecule has 1 aliphatic heterocycles. The molecule has 104 valence electrons. The van der Waals surface area contributed by atoms with E-state index in [0.29, 0.717) is 12.5 Å². The second-order valence-electron chi connectivity index (χ2n) is 5.13. The average molecular weight is 262 g/mol. The summed E-state index contributed by atoms with van der Waals surface area (Å²) in [6.45, 7) is 8.39. The first-order valence-electron chi connectivity index (χ1n) is 6.87. The molecule has 1 atom stereocenters. The fourth-order valence-electron chi connectivity index (χ4n) is 2.13. The summed E-state index contributed by atoms with van der Waals surface area (Å²) in [6.07, 6.45) is 0. The summed E-state index contributed by atoms with van der Waals surface area (Å²) in [5.41, 5.74) is 1.88. The van der Waals surface area contributed by atoms with E-state index in [0.717, 1.165) is 30.1 Å². The van der Waals surface area contributed by atoms with Crippen LogP contribution in [-0.2, 0) is 4.79 Å². The van der Waals surface area contributed by atoms with Crippen LogP contribution in [0.4, 0.5) is 5.69 Å². The van der Waals surface area contributed by atoms with Crippen molar-refractivity contribution >= 4 is 11.6 Å². The normalized spacial score (nSPS) is 16.6. The van der Waals surface area contributed by atoms with Crippen molar-refractivity contribution in [3.05, 3.63) is 23.8 Å². The zero-order chi connectivity index (χ0) is 13.8. The molecule has 1 aromatic carbocycles. The van der Waals surface area contributed by atoms with Crippen LogP contribution in [0.1, 0.15) is 19.4 Å². The summed E-state index contributed by atoms with van der Waals surface area (Å²) < 4.78 is 5.57. The summed E-state index contributed by atoms with van der Waals surface area (Å²) >= 11 is 0. The summed E-state index contributed by atoms with van der Waals surface area (Å²) in [7, 11) is 0. The Hall–Kier alpha value is -1.55. The molecule has 1 aromatic rings. The molecule has 1 aliphatic rings. The van der Waals surface area contributed by atoms with Gasteiger partial charge < -0.3 is 15.4 Å². The first-order valence-corrected chi connectivity index (χ1v) is 6.87. The number of anilines is 1. The third-order valence-electron chi connectivity index (χ3n) is 3.63. The van der Waals surface area contributed by atoms with Gasteiger partial charge >= 0.3 is 0 Å². The van der Waals surface area contributed by atoms with Crippen LogP contribution in [-0.4, -0.2) is 25.6 Å². The third kappa shape index (κ3) is 3.26. The van der Waals surface area contributed by atoms with E-state index in [2.05, 4.69) is 10.6 Å². The number of amides is 1. The summed E-state index contributed by atoms with van der Waals surface area (Å²) in [5.74, 6) is 1.28. The summed E-state index contributed by atoms with van der Waals surface area (Å²) in [6, 6.07) is 5.84. The highest BCUT2D eigenvalue weighted by Crippen LogP contribution is 2.27. The van der Waals surface area contributed by atoms with E-state index in [1.807, 2.05) is 39.0 Å². The fraction of sp³-hybridized carbons (Fsp3) is 0.533. The van der Waals surface area contributed by atoms with Crippen LogP contribution in [0, 0.1) is 18.8 Å². The van der Waals surface area contributed by atoms with E-state index in [9.17, 15) is 4.79 Å². The maximum atomic E-state index is 12.2. The zero-order valence-corrected chi connectivity index (χ0v) is 11.8. The Balaban J connectivity index is 2.06. The van der Waals surface area contributed by atoms with Crippen LogP contribution >= 0.6 is 0 Å². The Labute approximate surface area is 114 Å². The van der Waals surface area contributed by atoms with Crippen molar-refractivity contribution in [2.24, 2.45) is 11.8 Å². The molecule has 1 unspecified atom stereocenters.